The number of phenolic OH excluding ortho intramolecular Hbond substituents is 1. The SMILES string of the molecule is C=CCOC(=O)[C@H]1[C@@H]2C(=O)O[C@@H](c3ccccc3)[C@@H](c3ccccc3)N2[C@@H](c2ccc(OCCOC(=O)[C@@H]3C[C@@H]4C(=O)N[C@@H](CCCCN(C)C)C(=O)N4[C@@H]3c3ccc(O)cc3)cc2)[C@]12C(=O)Nc1ccc(I)cc12. The number of anilines is 1. The first-order valence-electron chi connectivity index (χ1n) is 25.2. The van der Waals surface area contributed by atoms with Gasteiger partial charge in [0.15, 0.2) is 0 Å². The van der Waals surface area contributed by atoms with Crippen molar-refractivity contribution in [3.05, 3.63) is 171 Å². The summed E-state index contributed by atoms with van der Waals surface area (Å²) in [5.41, 5.74) is 2.08. The van der Waals surface area contributed by atoms with Crippen LogP contribution in [-0.4, -0.2) is 114 Å². The molecule has 1 spiro atoms. The number of piperazine rings is 1. The smallest absolute Gasteiger partial charge is 0.325 e. The van der Waals surface area contributed by atoms with E-state index in [2.05, 4.69) is 44.7 Å². The molecule has 3 N–H and O–H groups in total. The van der Waals surface area contributed by atoms with Crippen molar-refractivity contribution < 1.29 is 52.8 Å². The number of carbonyl (C=O) groups excluding carboxylic acids is 6. The fourth-order valence-corrected chi connectivity index (χ4v) is 12.6. The van der Waals surface area contributed by atoms with Crippen molar-refractivity contribution in [3.8, 4) is 11.5 Å². The number of amides is 3. The molecule has 5 aromatic carbocycles. The monoisotopic (exact) mass is 1130 g/mol. The van der Waals surface area contributed by atoms with E-state index in [0.717, 1.165) is 34.1 Å². The number of rotatable bonds is 17. The molecule has 0 radical (unpaired) electrons. The van der Waals surface area contributed by atoms with Gasteiger partial charge in [0.25, 0.3) is 0 Å². The summed E-state index contributed by atoms with van der Waals surface area (Å²) < 4.78 is 25.1. The molecule has 3 amide bonds. The Balaban J connectivity index is 0.939. The Morgan fingerprint density at radius 1 is 0.813 bits per heavy atom. The second-order valence-electron chi connectivity index (χ2n) is 19.9. The zero-order chi connectivity index (χ0) is 52.5. The van der Waals surface area contributed by atoms with Gasteiger partial charge in [0.2, 0.25) is 17.7 Å². The van der Waals surface area contributed by atoms with Gasteiger partial charge >= 0.3 is 17.9 Å². The van der Waals surface area contributed by atoms with Crippen molar-refractivity contribution in [2.75, 3.05) is 45.8 Å². The van der Waals surface area contributed by atoms with E-state index in [0.29, 0.717) is 34.5 Å². The zero-order valence-electron chi connectivity index (χ0n) is 41.5. The Morgan fingerprint density at radius 2 is 1.49 bits per heavy atom. The number of hydrogen-bond acceptors (Lipinski definition) is 13. The molecule has 16 nitrogen and oxygen atoms in total. The summed E-state index contributed by atoms with van der Waals surface area (Å²) in [6, 6.07) is 32.6. The van der Waals surface area contributed by atoms with E-state index in [-0.39, 0.29) is 43.8 Å². The van der Waals surface area contributed by atoms with Gasteiger partial charge in [0.1, 0.15) is 66.9 Å². The lowest BCUT2D eigenvalue weighted by molar-refractivity contribution is -0.180. The van der Waals surface area contributed by atoms with E-state index < -0.39 is 83.4 Å². The van der Waals surface area contributed by atoms with Gasteiger partial charge in [-0.25, -0.2) is 0 Å². The molecule has 4 saturated heterocycles. The molecule has 0 aromatic heterocycles. The Hall–Kier alpha value is -7.09. The molecule has 0 saturated carbocycles. The highest BCUT2D eigenvalue weighted by molar-refractivity contribution is 14.1. The van der Waals surface area contributed by atoms with Crippen LogP contribution < -0.4 is 15.4 Å². The average Bonchev–Trinajstić information content (AvgIpc) is 4.08. The minimum Gasteiger partial charge on any atom is -0.508 e. The van der Waals surface area contributed by atoms with Gasteiger partial charge < -0.3 is 44.5 Å². The van der Waals surface area contributed by atoms with Crippen LogP contribution in [0.25, 0.3) is 0 Å². The quantitative estimate of drug-likeness (QED) is 0.0281. The molecule has 5 heterocycles. The maximum Gasteiger partial charge on any atom is 0.325 e. The molecule has 388 valence electrons. The topological polar surface area (TPSA) is 193 Å². The Bertz CT molecular complexity index is 2980. The number of halogens is 1. The summed E-state index contributed by atoms with van der Waals surface area (Å²) in [6.45, 7) is 4.22. The number of nitrogens with one attached hydrogen (secondary N) is 2. The number of nitrogens with zero attached hydrogens (tertiary/aromatic N) is 3. The van der Waals surface area contributed by atoms with Crippen LogP contribution in [0.1, 0.15) is 77.7 Å². The number of unbranched alkanes of at least 4 members (excludes halogenated alkanes) is 1. The Kier molecular flexibility index (Phi) is 14.8. The third-order valence-electron chi connectivity index (χ3n) is 15.2. The number of esters is 3. The third-order valence-corrected chi connectivity index (χ3v) is 15.9. The van der Waals surface area contributed by atoms with Crippen LogP contribution in [0.4, 0.5) is 5.69 Å². The van der Waals surface area contributed by atoms with Crippen molar-refractivity contribution in [2.24, 2.45) is 11.8 Å². The van der Waals surface area contributed by atoms with Gasteiger partial charge in [-0.3, -0.25) is 33.7 Å². The molecule has 0 unspecified atom stereocenters. The van der Waals surface area contributed by atoms with Gasteiger partial charge in [-0.1, -0.05) is 97.6 Å². The summed E-state index contributed by atoms with van der Waals surface area (Å²) >= 11 is 2.18. The van der Waals surface area contributed by atoms with Crippen molar-refractivity contribution in [2.45, 2.75) is 73.5 Å². The van der Waals surface area contributed by atoms with Crippen LogP contribution in [0.3, 0.4) is 0 Å². The summed E-state index contributed by atoms with van der Waals surface area (Å²) in [4.78, 5) is 92.3. The summed E-state index contributed by atoms with van der Waals surface area (Å²) in [7, 11) is 3.96. The lowest BCUT2D eigenvalue weighted by Crippen LogP contribution is -2.61. The molecule has 75 heavy (non-hydrogen) atoms. The highest BCUT2D eigenvalue weighted by Crippen LogP contribution is 2.65. The zero-order valence-corrected chi connectivity index (χ0v) is 43.7. The van der Waals surface area contributed by atoms with Crippen LogP contribution in [-0.2, 0) is 48.4 Å². The number of aromatic hydroxyl groups is 1. The van der Waals surface area contributed by atoms with Crippen molar-refractivity contribution in [1.29, 1.82) is 0 Å². The fourth-order valence-electron chi connectivity index (χ4n) is 12.1. The predicted octanol–water partition coefficient (Wildman–Crippen LogP) is 7.11. The van der Waals surface area contributed by atoms with E-state index in [9.17, 15) is 29.1 Å². The number of carbonyl (C=O) groups is 6. The standard InChI is InChI=1S/C58H58IN5O11/c1-4-29-73-55(69)46-49-56(70)75-50(36-15-9-6-10-16-36)48(34-13-7-5-8-14-34)64(49)51(58(46)42-32-38(59)22-27-43(42)61-57(58)71)37-20-25-40(26-21-37)72-30-31-74-54(68)41-33-45-52(66)60-44(17-11-12-28-62(2)3)53(67)63(45)47(41)35-18-23-39(65)24-19-35/h4-10,13-16,18-27,32,41,44-51,65H,1,11-12,17,28-31,33H2,2-3H3,(H,60,66)(H,61,71)/t41-,44+,45-,46-,47-,48-,49-,50+,51+,58-/m1/s1. The first kappa shape index (κ1) is 51.4. The fraction of sp³-hybridized carbons (Fsp3) is 0.345. The molecular formula is C58H58IN5O11. The molecule has 10 atom stereocenters. The molecule has 10 rings (SSSR count). The van der Waals surface area contributed by atoms with Gasteiger partial charge in [-0.15, -0.1) is 0 Å². The lowest BCUT2D eigenvalue weighted by Gasteiger charge is -2.46. The molecule has 0 aliphatic carbocycles. The molecule has 5 aromatic rings. The molecule has 17 heteroatoms. The number of cyclic esters (lactones) is 1. The van der Waals surface area contributed by atoms with Crippen LogP contribution in [0.5, 0.6) is 11.5 Å². The molecule has 5 aliphatic heterocycles. The average molecular weight is 1130 g/mol. The van der Waals surface area contributed by atoms with Crippen LogP contribution in [0, 0.1) is 15.4 Å². The maximum atomic E-state index is 15.2. The van der Waals surface area contributed by atoms with Crippen molar-refractivity contribution in [3.63, 3.8) is 0 Å². The predicted molar refractivity (Wildman–Crippen MR) is 284 cm³/mol. The third kappa shape index (κ3) is 9.54. The highest BCUT2D eigenvalue weighted by Gasteiger charge is 2.74. The first-order valence-corrected chi connectivity index (χ1v) is 26.3. The summed E-state index contributed by atoms with van der Waals surface area (Å²) in [5.74, 6) is -4.89. The van der Waals surface area contributed by atoms with Crippen molar-refractivity contribution in [1.82, 2.24) is 20.0 Å². The van der Waals surface area contributed by atoms with E-state index >= 15 is 4.79 Å². The van der Waals surface area contributed by atoms with E-state index in [4.69, 9.17) is 18.9 Å². The van der Waals surface area contributed by atoms with Gasteiger partial charge in [0.05, 0.1) is 24.0 Å². The minimum absolute atomic E-state index is 0.0209. The second-order valence-corrected chi connectivity index (χ2v) is 21.2. The molecule has 4 fully saturated rings. The van der Waals surface area contributed by atoms with E-state index in [1.54, 1.807) is 30.3 Å². The number of hydrogen-bond donors (Lipinski definition) is 3. The first-order chi connectivity index (χ1) is 36.3. The van der Waals surface area contributed by atoms with Crippen LogP contribution in [0.2, 0.25) is 0 Å². The normalized spacial score (nSPS) is 26.7. The highest BCUT2D eigenvalue weighted by atomic mass is 127. The second kappa shape index (κ2) is 21.6. The molecule has 5 aliphatic rings. The largest absolute Gasteiger partial charge is 0.508 e. The molecule has 0 bridgehead atoms. The summed E-state index contributed by atoms with van der Waals surface area (Å²) in [6.07, 6.45) is 2.69. The van der Waals surface area contributed by atoms with Crippen LogP contribution >= 0.6 is 22.6 Å². The molecular weight excluding hydrogens is 1070 g/mol. The number of fused-ring (bicyclic) bond motifs is 4. The Labute approximate surface area is 448 Å². The van der Waals surface area contributed by atoms with E-state index in [1.165, 1.54) is 23.1 Å². The Morgan fingerprint density at radius 3 is 2.19 bits per heavy atom. The van der Waals surface area contributed by atoms with Gasteiger partial charge in [-0.05, 0) is 139 Å². The number of benzene rings is 5. The van der Waals surface area contributed by atoms with Crippen molar-refractivity contribution >= 4 is 63.9 Å². The number of morpholine rings is 1. The van der Waals surface area contributed by atoms with E-state index in [1.807, 2.05) is 104 Å². The van der Waals surface area contributed by atoms with Crippen LogP contribution in [0.15, 0.2) is 140 Å². The number of ether oxygens (including phenoxy) is 4. The lowest BCUT2D eigenvalue weighted by atomic mass is 9.65. The number of phenols is 1. The maximum absolute atomic E-state index is 15.2. The van der Waals surface area contributed by atoms with Gasteiger partial charge in [-0.2, -0.15) is 0 Å². The van der Waals surface area contributed by atoms with Gasteiger partial charge in [0, 0.05) is 9.26 Å². The summed E-state index contributed by atoms with van der Waals surface area (Å²) in [5, 5.41) is 16.1. The minimum atomic E-state index is -1.71.